The van der Waals surface area contributed by atoms with E-state index in [-0.39, 0.29) is 24.4 Å². The molecule has 0 radical (unpaired) electrons. The Balaban J connectivity index is 1.70. The van der Waals surface area contributed by atoms with Gasteiger partial charge in [-0.05, 0) is 44.7 Å². The van der Waals surface area contributed by atoms with Crippen molar-refractivity contribution in [2.75, 3.05) is 18.4 Å². The number of hydrogen-bond acceptors (Lipinski definition) is 3. The van der Waals surface area contributed by atoms with Crippen LogP contribution in [0.1, 0.15) is 38.2 Å². The zero-order valence-electron chi connectivity index (χ0n) is 13.3. The van der Waals surface area contributed by atoms with Gasteiger partial charge in [-0.3, -0.25) is 4.79 Å². The summed E-state index contributed by atoms with van der Waals surface area (Å²) in [6.45, 7) is 5.14. The van der Waals surface area contributed by atoms with Gasteiger partial charge in [0.05, 0.1) is 0 Å². The molecule has 0 saturated carbocycles. The fourth-order valence-corrected chi connectivity index (χ4v) is 2.53. The predicted octanol–water partition coefficient (Wildman–Crippen LogP) is 2.30. The van der Waals surface area contributed by atoms with Crippen LogP contribution in [0.5, 0.6) is 0 Å². The number of pyridine rings is 1. The number of aromatic nitrogens is 1. The highest BCUT2D eigenvalue weighted by molar-refractivity contribution is 5.90. The number of aryl methyl sites for hydroxylation is 1. The van der Waals surface area contributed by atoms with E-state index in [9.17, 15) is 9.59 Å². The molecule has 1 aliphatic heterocycles. The number of urea groups is 1. The number of carbonyl (C=O) groups excluding carboxylic acids is 2. The van der Waals surface area contributed by atoms with Gasteiger partial charge in [0.15, 0.2) is 0 Å². The first-order valence-corrected chi connectivity index (χ1v) is 7.83. The number of nitrogens with zero attached hydrogens (tertiary/aromatic N) is 2. The summed E-state index contributed by atoms with van der Waals surface area (Å²) in [6, 6.07) is 3.86. The molecule has 6 nitrogen and oxygen atoms in total. The van der Waals surface area contributed by atoms with Gasteiger partial charge in [-0.15, -0.1) is 0 Å². The van der Waals surface area contributed by atoms with E-state index in [1.807, 2.05) is 17.9 Å². The van der Waals surface area contributed by atoms with Crippen molar-refractivity contribution in [2.45, 2.75) is 45.6 Å². The third-order valence-electron chi connectivity index (χ3n) is 3.87. The lowest BCUT2D eigenvalue weighted by Gasteiger charge is -2.33. The topological polar surface area (TPSA) is 74.3 Å². The number of hydrogen-bond donors (Lipinski definition) is 2. The van der Waals surface area contributed by atoms with E-state index < -0.39 is 0 Å². The molecular formula is C16H24N4O2. The molecule has 0 aromatic carbocycles. The van der Waals surface area contributed by atoms with Crippen LogP contribution in [0.4, 0.5) is 10.6 Å². The van der Waals surface area contributed by atoms with Gasteiger partial charge >= 0.3 is 6.03 Å². The lowest BCUT2D eigenvalue weighted by atomic mass is 10.0. The van der Waals surface area contributed by atoms with Crippen LogP contribution < -0.4 is 10.6 Å². The first-order valence-electron chi connectivity index (χ1n) is 7.83. The van der Waals surface area contributed by atoms with Gasteiger partial charge in [-0.2, -0.15) is 0 Å². The van der Waals surface area contributed by atoms with Crippen molar-refractivity contribution in [3.8, 4) is 0 Å². The first-order chi connectivity index (χ1) is 10.6. The minimum atomic E-state index is -0.150. The van der Waals surface area contributed by atoms with E-state index in [2.05, 4.69) is 22.5 Å². The molecule has 0 aliphatic carbocycles. The summed E-state index contributed by atoms with van der Waals surface area (Å²) in [5.41, 5.74) is 1.04. The minimum Gasteiger partial charge on any atom is -0.337 e. The molecule has 6 heteroatoms. The SMILES string of the molecule is Cc1ccc(NC(=O)CCNC(=O)N2CCCC[C@@H]2C)nc1. The normalized spacial score (nSPS) is 17.9. The maximum absolute atomic E-state index is 12.1. The van der Waals surface area contributed by atoms with Crippen LogP contribution in [0.2, 0.25) is 0 Å². The molecular weight excluding hydrogens is 280 g/mol. The third-order valence-corrected chi connectivity index (χ3v) is 3.87. The van der Waals surface area contributed by atoms with Gasteiger partial charge < -0.3 is 15.5 Å². The van der Waals surface area contributed by atoms with Crippen molar-refractivity contribution in [1.82, 2.24) is 15.2 Å². The molecule has 22 heavy (non-hydrogen) atoms. The van der Waals surface area contributed by atoms with Crippen molar-refractivity contribution in [1.29, 1.82) is 0 Å². The van der Waals surface area contributed by atoms with Gasteiger partial charge in [0.1, 0.15) is 5.82 Å². The Bertz CT molecular complexity index is 515. The summed E-state index contributed by atoms with van der Waals surface area (Å²) in [4.78, 5) is 29.8. The molecule has 1 aromatic heterocycles. The fourth-order valence-electron chi connectivity index (χ4n) is 2.53. The molecule has 2 rings (SSSR count). The standard InChI is InChI=1S/C16H24N4O2/c1-12-6-7-14(18-11-12)19-15(21)8-9-17-16(22)20-10-4-3-5-13(20)2/h6-7,11,13H,3-5,8-10H2,1-2H3,(H,17,22)(H,18,19,21)/t13-/m0/s1. The van der Waals surface area contributed by atoms with Crippen LogP contribution in [0, 0.1) is 6.92 Å². The third kappa shape index (κ3) is 4.72. The summed E-state index contributed by atoms with van der Waals surface area (Å²) < 4.78 is 0. The van der Waals surface area contributed by atoms with Gasteiger partial charge in [-0.1, -0.05) is 6.07 Å². The second-order valence-electron chi connectivity index (χ2n) is 5.79. The number of carbonyl (C=O) groups is 2. The average molecular weight is 304 g/mol. The van der Waals surface area contributed by atoms with Crippen LogP contribution in [0.25, 0.3) is 0 Å². The Hall–Kier alpha value is -2.11. The Morgan fingerprint density at radius 2 is 2.18 bits per heavy atom. The second-order valence-corrected chi connectivity index (χ2v) is 5.79. The number of piperidine rings is 1. The largest absolute Gasteiger partial charge is 0.337 e. The maximum Gasteiger partial charge on any atom is 0.317 e. The first kappa shape index (κ1) is 16.3. The van der Waals surface area contributed by atoms with Crippen molar-refractivity contribution < 1.29 is 9.59 Å². The average Bonchev–Trinajstić information content (AvgIpc) is 2.50. The highest BCUT2D eigenvalue weighted by Crippen LogP contribution is 2.16. The number of rotatable bonds is 4. The summed E-state index contributed by atoms with van der Waals surface area (Å²) >= 11 is 0. The summed E-state index contributed by atoms with van der Waals surface area (Å²) in [5, 5.41) is 5.53. The van der Waals surface area contributed by atoms with E-state index >= 15 is 0 Å². The molecule has 120 valence electrons. The molecule has 1 saturated heterocycles. The number of nitrogens with one attached hydrogen (secondary N) is 2. The summed E-state index contributed by atoms with van der Waals surface area (Å²) in [6.07, 6.45) is 5.22. The Kier molecular flexibility index (Phi) is 5.75. The Morgan fingerprint density at radius 3 is 2.86 bits per heavy atom. The highest BCUT2D eigenvalue weighted by Gasteiger charge is 2.22. The van der Waals surface area contributed by atoms with Crippen molar-refractivity contribution in [3.05, 3.63) is 23.9 Å². The lowest BCUT2D eigenvalue weighted by molar-refractivity contribution is -0.116. The van der Waals surface area contributed by atoms with E-state index in [4.69, 9.17) is 0 Å². The fraction of sp³-hybridized carbons (Fsp3) is 0.562. The van der Waals surface area contributed by atoms with E-state index in [1.165, 1.54) is 6.42 Å². The van der Waals surface area contributed by atoms with Gasteiger partial charge in [-0.25, -0.2) is 9.78 Å². The van der Waals surface area contributed by atoms with Gasteiger partial charge in [0, 0.05) is 31.7 Å². The molecule has 1 aromatic rings. The van der Waals surface area contributed by atoms with Crippen molar-refractivity contribution in [3.63, 3.8) is 0 Å². The van der Waals surface area contributed by atoms with E-state index in [0.717, 1.165) is 24.9 Å². The van der Waals surface area contributed by atoms with Crippen LogP contribution in [-0.4, -0.2) is 41.0 Å². The van der Waals surface area contributed by atoms with Crippen LogP contribution in [0.15, 0.2) is 18.3 Å². The second kappa shape index (κ2) is 7.77. The molecule has 0 unspecified atom stereocenters. The number of likely N-dealkylation sites (tertiary alicyclic amines) is 1. The quantitative estimate of drug-likeness (QED) is 0.896. The Labute approximate surface area is 131 Å². The predicted molar refractivity (Wildman–Crippen MR) is 85.6 cm³/mol. The monoisotopic (exact) mass is 304 g/mol. The molecule has 1 aliphatic rings. The molecule has 3 amide bonds. The lowest BCUT2D eigenvalue weighted by Crippen LogP contribution is -2.47. The molecule has 1 atom stereocenters. The summed E-state index contributed by atoms with van der Waals surface area (Å²) in [7, 11) is 0. The molecule has 0 spiro atoms. The minimum absolute atomic E-state index is 0.0755. The number of amides is 3. The Morgan fingerprint density at radius 1 is 1.36 bits per heavy atom. The summed E-state index contributed by atoms with van der Waals surface area (Å²) in [5.74, 6) is 0.384. The van der Waals surface area contributed by atoms with Gasteiger partial charge in [0.2, 0.25) is 5.91 Å². The van der Waals surface area contributed by atoms with E-state index in [1.54, 1.807) is 12.3 Å². The van der Waals surface area contributed by atoms with Gasteiger partial charge in [0.25, 0.3) is 0 Å². The zero-order chi connectivity index (χ0) is 15.9. The van der Waals surface area contributed by atoms with Crippen molar-refractivity contribution in [2.24, 2.45) is 0 Å². The molecule has 2 N–H and O–H groups in total. The highest BCUT2D eigenvalue weighted by atomic mass is 16.2. The van der Waals surface area contributed by atoms with Crippen molar-refractivity contribution >= 4 is 17.8 Å². The van der Waals surface area contributed by atoms with E-state index in [0.29, 0.717) is 12.4 Å². The number of anilines is 1. The van der Waals surface area contributed by atoms with Crippen LogP contribution in [-0.2, 0) is 4.79 Å². The van der Waals surface area contributed by atoms with Crippen LogP contribution >= 0.6 is 0 Å². The van der Waals surface area contributed by atoms with Crippen LogP contribution in [0.3, 0.4) is 0 Å². The zero-order valence-corrected chi connectivity index (χ0v) is 13.3. The smallest absolute Gasteiger partial charge is 0.317 e. The molecule has 1 fully saturated rings. The molecule has 0 bridgehead atoms. The molecule has 2 heterocycles. The maximum atomic E-state index is 12.1.